The molecule has 4 aromatic rings. The molecule has 0 aliphatic rings. The number of aromatic nitrogens is 1. The topological polar surface area (TPSA) is 73.3 Å². The number of rotatable bonds is 7. The molecular formula is C28H28FNO3. The van der Waals surface area contributed by atoms with Crippen LogP contribution in [0.5, 0.6) is 5.75 Å². The SMILES string of the molecule is CCCCc1ccc(-c2ccc3c(C(C)C)c(-c4ccc(C(=O)O)c(O)c4)[nH]c3c2F)cc1. The monoisotopic (exact) mass is 445 g/mol. The largest absolute Gasteiger partial charge is 0.507 e. The number of carbonyl (C=O) groups is 1. The standard InChI is InChI=1S/C28H28FNO3/c1-4-5-6-17-7-9-18(10-8-17)20-13-14-22-24(16(2)3)26(30-27(22)25(20)29)19-11-12-21(28(32)33)23(31)15-19/h7-16,30-31H,4-6H2,1-3H3,(H,32,33). The van der Waals surface area contributed by atoms with Crippen molar-refractivity contribution in [2.45, 2.75) is 46.0 Å². The number of benzene rings is 3. The second-order valence-corrected chi connectivity index (χ2v) is 8.76. The number of fused-ring (bicyclic) bond motifs is 1. The average Bonchev–Trinajstić information content (AvgIpc) is 3.19. The van der Waals surface area contributed by atoms with Gasteiger partial charge < -0.3 is 15.2 Å². The third-order valence-corrected chi connectivity index (χ3v) is 6.13. The van der Waals surface area contributed by atoms with Gasteiger partial charge in [-0.3, -0.25) is 0 Å². The molecule has 0 aliphatic heterocycles. The van der Waals surface area contributed by atoms with E-state index in [2.05, 4.69) is 24.0 Å². The van der Waals surface area contributed by atoms with Crippen LogP contribution in [0.2, 0.25) is 0 Å². The highest BCUT2D eigenvalue weighted by Gasteiger charge is 2.21. The zero-order chi connectivity index (χ0) is 23.7. The predicted octanol–water partition coefficient (Wildman–Crippen LogP) is 7.51. The van der Waals surface area contributed by atoms with Crippen LogP contribution in [0.4, 0.5) is 4.39 Å². The minimum Gasteiger partial charge on any atom is -0.507 e. The number of hydrogen-bond acceptors (Lipinski definition) is 2. The van der Waals surface area contributed by atoms with Crippen LogP contribution >= 0.6 is 0 Å². The molecule has 0 unspecified atom stereocenters. The summed E-state index contributed by atoms with van der Waals surface area (Å²) in [6.45, 7) is 6.22. The smallest absolute Gasteiger partial charge is 0.339 e. The molecule has 0 fully saturated rings. The van der Waals surface area contributed by atoms with Gasteiger partial charge in [0.15, 0.2) is 5.82 Å². The van der Waals surface area contributed by atoms with E-state index < -0.39 is 5.97 Å². The summed E-state index contributed by atoms with van der Waals surface area (Å²) in [5, 5.41) is 20.2. The number of halogens is 1. The number of phenols is 1. The number of H-pyrrole nitrogens is 1. The van der Waals surface area contributed by atoms with Gasteiger partial charge in [-0.05, 0) is 47.6 Å². The lowest BCUT2D eigenvalue weighted by molar-refractivity contribution is 0.0693. The lowest BCUT2D eigenvalue weighted by Crippen LogP contribution is -1.97. The number of aromatic carboxylic acids is 1. The molecule has 0 bridgehead atoms. The van der Waals surface area contributed by atoms with Crippen molar-refractivity contribution in [2.75, 3.05) is 0 Å². The van der Waals surface area contributed by atoms with E-state index in [1.807, 2.05) is 38.1 Å². The molecule has 1 aromatic heterocycles. The van der Waals surface area contributed by atoms with Crippen LogP contribution in [-0.4, -0.2) is 21.2 Å². The Kier molecular flexibility index (Phi) is 6.23. The first kappa shape index (κ1) is 22.6. The van der Waals surface area contributed by atoms with Crippen molar-refractivity contribution in [2.24, 2.45) is 0 Å². The first-order valence-electron chi connectivity index (χ1n) is 11.3. The molecule has 3 aromatic carbocycles. The predicted molar refractivity (Wildman–Crippen MR) is 130 cm³/mol. The fraction of sp³-hybridized carbons (Fsp3) is 0.250. The number of aromatic hydroxyl groups is 1. The number of unbranched alkanes of at least 4 members (excludes halogenated alkanes) is 1. The Bertz CT molecular complexity index is 1320. The molecule has 1 heterocycles. The van der Waals surface area contributed by atoms with Gasteiger partial charge in [0, 0.05) is 16.5 Å². The fourth-order valence-corrected chi connectivity index (χ4v) is 4.40. The highest BCUT2D eigenvalue weighted by Crippen LogP contribution is 2.40. The number of nitrogens with one attached hydrogen (secondary N) is 1. The summed E-state index contributed by atoms with van der Waals surface area (Å²) in [4.78, 5) is 14.5. The summed E-state index contributed by atoms with van der Waals surface area (Å²) >= 11 is 0. The van der Waals surface area contributed by atoms with Crippen LogP contribution in [0, 0.1) is 5.82 Å². The maximum atomic E-state index is 15.7. The third-order valence-electron chi connectivity index (χ3n) is 6.13. The molecule has 4 rings (SSSR count). The number of aryl methyl sites for hydroxylation is 1. The van der Waals surface area contributed by atoms with Gasteiger partial charge >= 0.3 is 5.97 Å². The molecule has 4 nitrogen and oxygen atoms in total. The molecule has 170 valence electrons. The van der Waals surface area contributed by atoms with Gasteiger partial charge in [0.1, 0.15) is 11.3 Å². The van der Waals surface area contributed by atoms with Crippen molar-refractivity contribution in [3.05, 3.63) is 77.1 Å². The minimum atomic E-state index is -1.20. The van der Waals surface area contributed by atoms with E-state index in [0.717, 1.165) is 35.8 Å². The van der Waals surface area contributed by atoms with Gasteiger partial charge in [0.2, 0.25) is 0 Å². The van der Waals surface area contributed by atoms with Crippen molar-refractivity contribution >= 4 is 16.9 Å². The second kappa shape index (κ2) is 9.10. The highest BCUT2D eigenvalue weighted by atomic mass is 19.1. The molecule has 0 saturated carbocycles. The Morgan fingerprint density at radius 2 is 1.73 bits per heavy atom. The van der Waals surface area contributed by atoms with Crippen molar-refractivity contribution < 1.29 is 19.4 Å². The summed E-state index contributed by atoms with van der Waals surface area (Å²) in [7, 11) is 0. The molecule has 33 heavy (non-hydrogen) atoms. The Labute approximate surface area is 192 Å². The summed E-state index contributed by atoms with van der Waals surface area (Å²) in [6, 6.07) is 16.2. The molecule has 0 radical (unpaired) electrons. The van der Waals surface area contributed by atoms with Gasteiger partial charge in [0.25, 0.3) is 0 Å². The normalized spacial score (nSPS) is 11.4. The Balaban J connectivity index is 1.82. The molecule has 5 heteroatoms. The third kappa shape index (κ3) is 4.23. The van der Waals surface area contributed by atoms with Crippen molar-refractivity contribution in [3.8, 4) is 28.1 Å². The van der Waals surface area contributed by atoms with Crippen LogP contribution in [0.15, 0.2) is 54.6 Å². The number of carboxylic acids is 1. The first-order valence-corrected chi connectivity index (χ1v) is 11.3. The van der Waals surface area contributed by atoms with Crippen molar-refractivity contribution in [1.29, 1.82) is 0 Å². The molecule has 3 N–H and O–H groups in total. The van der Waals surface area contributed by atoms with Crippen LogP contribution in [0.3, 0.4) is 0 Å². The quantitative estimate of drug-likeness (QED) is 0.275. The zero-order valence-electron chi connectivity index (χ0n) is 19.1. The summed E-state index contributed by atoms with van der Waals surface area (Å²) in [5.41, 5.74) is 5.04. The highest BCUT2D eigenvalue weighted by molar-refractivity contribution is 5.96. The van der Waals surface area contributed by atoms with Gasteiger partial charge in [-0.15, -0.1) is 0 Å². The summed E-state index contributed by atoms with van der Waals surface area (Å²) in [5.74, 6) is -1.76. The van der Waals surface area contributed by atoms with Crippen LogP contribution in [0.1, 0.15) is 61.0 Å². The minimum absolute atomic E-state index is 0.0816. The first-order chi connectivity index (χ1) is 15.8. The number of aromatic amines is 1. The van der Waals surface area contributed by atoms with E-state index in [4.69, 9.17) is 0 Å². The number of hydrogen-bond donors (Lipinski definition) is 3. The maximum Gasteiger partial charge on any atom is 0.339 e. The Hall–Kier alpha value is -3.60. The lowest BCUT2D eigenvalue weighted by atomic mass is 9.94. The molecule has 0 spiro atoms. The zero-order valence-corrected chi connectivity index (χ0v) is 19.1. The van der Waals surface area contributed by atoms with Crippen LogP contribution in [-0.2, 0) is 6.42 Å². The van der Waals surface area contributed by atoms with E-state index in [1.54, 1.807) is 6.07 Å². The fourth-order valence-electron chi connectivity index (χ4n) is 4.40. The van der Waals surface area contributed by atoms with E-state index in [1.165, 1.54) is 17.7 Å². The van der Waals surface area contributed by atoms with Crippen molar-refractivity contribution in [3.63, 3.8) is 0 Å². The van der Waals surface area contributed by atoms with E-state index >= 15 is 4.39 Å². The number of carboxylic acid groups (broad SMARTS) is 1. The van der Waals surface area contributed by atoms with E-state index in [9.17, 15) is 15.0 Å². The van der Waals surface area contributed by atoms with Gasteiger partial charge in [-0.1, -0.05) is 69.7 Å². The van der Waals surface area contributed by atoms with Gasteiger partial charge in [-0.25, -0.2) is 9.18 Å². The van der Waals surface area contributed by atoms with Gasteiger partial charge in [-0.2, -0.15) is 0 Å². The Morgan fingerprint density at radius 3 is 2.33 bits per heavy atom. The van der Waals surface area contributed by atoms with Crippen LogP contribution < -0.4 is 0 Å². The maximum absolute atomic E-state index is 15.7. The average molecular weight is 446 g/mol. The summed E-state index contributed by atoms with van der Waals surface area (Å²) in [6.07, 6.45) is 3.28. The molecule has 0 aliphatic carbocycles. The molecule has 0 atom stereocenters. The second-order valence-electron chi connectivity index (χ2n) is 8.76. The summed E-state index contributed by atoms with van der Waals surface area (Å²) < 4.78 is 15.7. The molecular weight excluding hydrogens is 417 g/mol. The molecule has 0 amide bonds. The van der Waals surface area contributed by atoms with Crippen LogP contribution in [0.25, 0.3) is 33.3 Å². The lowest BCUT2D eigenvalue weighted by Gasteiger charge is -2.10. The van der Waals surface area contributed by atoms with Gasteiger partial charge in [0.05, 0.1) is 11.2 Å². The molecule has 0 saturated heterocycles. The Morgan fingerprint density at radius 1 is 1.03 bits per heavy atom. The van der Waals surface area contributed by atoms with E-state index in [0.29, 0.717) is 22.3 Å². The van der Waals surface area contributed by atoms with Crippen molar-refractivity contribution in [1.82, 2.24) is 4.98 Å². The van der Waals surface area contributed by atoms with E-state index in [-0.39, 0.29) is 23.0 Å².